The van der Waals surface area contributed by atoms with E-state index in [0.717, 1.165) is 16.3 Å². The Kier molecular flexibility index (Phi) is 3.92. The molecule has 2 aromatic rings. The second kappa shape index (κ2) is 5.73. The van der Waals surface area contributed by atoms with Gasteiger partial charge in [-0.3, -0.25) is 10.1 Å². The van der Waals surface area contributed by atoms with Crippen molar-refractivity contribution in [2.24, 2.45) is 0 Å². The Bertz CT molecular complexity index is 702. The minimum Gasteiger partial charge on any atom is -0.325 e. The fraction of sp³-hybridized carbons (Fsp3) is 0.333. The van der Waals surface area contributed by atoms with E-state index < -0.39 is 30.8 Å². The van der Waals surface area contributed by atoms with Crippen LogP contribution in [-0.2, 0) is 4.79 Å². The van der Waals surface area contributed by atoms with E-state index >= 15 is 0 Å². The van der Waals surface area contributed by atoms with E-state index in [2.05, 4.69) is 15.6 Å². The number of thiazole rings is 1. The number of alkyl halides is 2. The normalized spacial score (nSPS) is 20.0. The van der Waals surface area contributed by atoms with Crippen molar-refractivity contribution in [3.05, 3.63) is 34.7 Å². The summed E-state index contributed by atoms with van der Waals surface area (Å²) >= 11 is 1.55. The summed E-state index contributed by atoms with van der Waals surface area (Å²) in [7, 11) is 0. The molecule has 2 N–H and O–H groups in total. The van der Waals surface area contributed by atoms with Crippen molar-refractivity contribution in [2.45, 2.75) is 25.3 Å². The lowest BCUT2D eigenvalue weighted by molar-refractivity contribution is -0.118. The van der Waals surface area contributed by atoms with Gasteiger partial charge < -0.3 is 5.32 Å². The number of halogens is 2. The van der Waals surface area contributed by atoms with Gasteiger partial charge in [-0.1, -0.05) is 12.1 Å². The van der Waals surface area contributed by atoms with E-state index in [4.69, 9.17) is 0 Å². The van der Waals surface area contributed by atoms with Gasteiger partial charge in [0.15, 0.2) is 0 Å². The van der Waals surface area contributed by atoms with Gasteiger partial charge in [0.05, 0.1) is 23.3 Å². The van der Waals surface area contributed by atoms with Crippen LogP contribution in [0.4, 0.5) is 14.5 Å². The maximum absolute atomic E-state index is 13.1. The molecule has 7 heteroatoms. The van der Waals surface area contributed by atoms with Gasteiger partial charge in [-0.2, -0.15) is 0 Å². The molecule has 1 saturated heterocycles. The summed E-state index contributed by atoms with van der Waals surface area (Å²) in [5, 5.41) is 8.12. The zero-order chi connectivity index (χ0) is 15.7. The predicted molar refractivity (Wildman–Crippen MR) is 82.3 cm³/mol. The third-order valence-electron chi connectivity index (χ3n) is 3.47. The lowest BCUT2D eigenvalue weighted by atomic mass is 10.1. The highest BCUT2D eigenvalue weighted by Crippen LogP contribution is 2.27. The molecule has 2 heterocycles. The van der Waals surface area contributed by atoms with Gasteiger partial charge in [-0.25, -0.2) is 13.8 Å². The number of carbonyl (C=O) groups excluding carboxylic acids is 1. The van der Waals surface area contributed by atoms with Gasteiger partial charge in [-0.15, -0.1) is 11.3 Å². The quantitative estimate of drug-likeness (QED) is 0.913. The molecule has 22 heavy (non-hydrogen) atoms. The van der Waals surface area contributed by atoms with Crippen LogP contribution in [0.3, 0.4) is 0 Å². The Balaban J connectivity index is 1.72. The Morgan fingerprint density at radius 3 is 2.95 bits per heavy atom. The SMILES string of the molecule is Cc1nc(-c2cccc(NC(=O)C3CC(F)(F)CN3)c2)cs1. The monoisotopic (exact) mass is 323 g/mol. The highest BCUT2D eigenvalue weighted by atomic mass is 32.1. The number of aryl methyl sites for hydroxylation is 1. The first kappa shape index (κ1) is 15.1. The number of anilines is 1. The van der Waals surface area contributed by atoms with Crippen LogP contribution in [0.1, 0.15) is 11.4 Å². The molecule has 4 nitrogen and oxygen atoms in total. The molecular formula is C15H15F2N3OS. The third kappa shape index (κ3) is 3.31. The number of rotatable bonds is 3. The molecule has 1 aliphatic heterocycles. The number of hydrogen-bond donors (Lipinski definition) is 2. The van der Waals surface area contributed by atoms with E-state index in [-0.39, 0.29) is 0 Å². The van der Waals surface area contributed by atoms with Crippen LogP contribution in [-0.4, -0.2) is 29.4 Å². The fourth-order valence-electron chi connectivity index (χ4n) is 2.38. The van der Waals surface area contributed by atoms with Crippen LogP contribution in [0.15, 0.2) is 29.6 Å². The van der Waals surface area contributed by atoms with E-state index in [9.17, 15) is 13.6 Å². The highest BCUT2D eigenvalue weighted by molar-refractivity contribution is 7.09. The minimum absolute atomic E-state index is 0.441. The smallest absolute Gasteiger partial charge is 0.262 e. The van der Waals surface area contributed by atoms with Crippen LogP contribution < -0.4 is 10.6 Å². The summed E-state index contributed by atoms with van der Waals surface area (Å²) in [4.78, 5) is 16.4. The summed E-state index contributed by atoms with van der Waals surface area (Å²) in [6, 6.07) is 6.36. The second-order valence-corrected chi connectivity index (χ2v) is 6.38. The van der Waals surface area contributed by atoms with Crippen molar-refractivity contribution in [1.29, 1.82) is 0 Å². The molecule has 1 fully saturated rings. The summed E-state index contributed by atoms with van der Waals surface area (Å²) < 4.78 is 26.3. The zero-order valence-corrected chi connectivity index (χ0v) is 12.7. The topological polar surface area (TPSA) is 54.0 Å². The van der Waals surface area contributed by atoms with Gasteiger partial charge in [-0.05, 0) is 19.1 Å². The fourth-order valence-corrected chi connectivity index (χ4v) is 3.00. The maximum atomic E-state index is 13.1. The van der Waals surface area contributed by atoms with Crippen molar-refractivity contribution < 1.29 is 13.6 Å². The average Bonchev–Trinajstić information content (AvgIpc) is 3.05. The van der Waals surface area contributed by atoms with Gasteiger partial charge in [0.1, 0.15) is 0 Å². The lowest BCUT2D eigenvalue weighted by Crippen LogP contribution is -2.35. The summed E-state index contributed by atoms with van der Waals surface area (Å²) in [6.07, 6.45) is -0.468. The van der Waals surface area contributed by atoms with Gasteiger partial charge in [0, 0.05) is 23.1 Å². The van der Waals surface area contributed by atoms with E-state index in [1.807, 2.05) is 18.4 Å². The molecule has 0 aliphatic carbocycles. The molecule has 0 bridgehead atoms. The molecule has 0 radical (unpaired) electrons. The van der Waals surface area contributed by atoms with Crippen LogP contribution >= 0.6 is 11.3 Å². The molecule has 1 atom stereocenters. The van der Waals surface area contributed by atoms with Crippen LogP contribution in [0, 0.1) is 6.92 Å². The summed E-state index contributed by atoms with van der Waals surface area (Å²) in [5.41, 5.74) is 2.29. The Hall–Kier alpha value is -1.86. The van der Waals surface area contributed by atoms with E-state index in [1.54, 1.807) is 29.5 Å². The molecular weight excluding hydrogens is 308 g/mol. The van der Waals surface area contributed by atoms with Crippen LogP contribution in [0.2, 0.25) is 0 Å². The minimum atomic E-state index is -2.82. The van der Waals surface area contributed by atoms with Crippen LogP contribution in [0.5, 0.6) is 0 Å². The molecule has 1 amide bonds. The largest absolute Gasteiger partial charge is 0.325 e. The molecule has 1 unspecified atom stereocenters. The zero-order valence-electron chi connectivity index (χ0n) is 11.9. The van der Waals surface area contributed by atoms with Gasteiger partial charge in [0.25, 0.3) is 5.92 Å². The summed E-state index contributed by atoms with van der Waals surface area (Å²) in [5.74, 6) is -3.26. The maximum Gasteiger partial charge on any atom is 0.262 e. The van der Waals surface area contributed by atoms with Crippen molar-refractivity contribution >= 4 is 22.9 Å². The standard InChI is InChI=1S/C15H15F2N3OS/c1-9-19-13(7-22-9)10-3-2-4-11(5-10)20-14(21)12-6-15(16,17)8-18-12/h2-5,7,12,18H,6,8H2,1H3,(H,20,21). The first-order valence-electron chi connectivity index (χ1n) is 6.88. The summed E-state index contributed by atoms with van der Waals surface area (Å²) in [6.45, 7) is 1.47. The highest BCUT2D eigenvalue weighted by Gasteiger charge is 2.42. The first-order chi connectivity index (χ1) is 10.4. The average molecular weight is 323 g/mol. The number of hydrogen-bond acceptors (Lipinski definition) is 4. The number of nitrogens with one attached hydrogen (secondary N) is 2. The molecule has 0 spiro atoms. The second-order valence-electron chi connectivity index (χ2n) is 5.32. The van der Waals surface area contributed by atoms with Gasteiger partial charge in [0.2, 0.25) is 5.91 Å². The van der Waals surface area contributed by atoms with Crippen molar-refractivity contribution in [1.82, 2.24) is 10.3 Å². The predicted octanol–water partition coefficient (Wildman–Crippen LogP) is 3.05. The van der Waals surface area contributed by atoms with E-state index in [1.165, 1.54) is 0 Å². The number of aromatic nitrogens is 1. The molecule has 1 aliphatic rings. The van der Waals surface area contributed by atoms with Crippen molar-refractivity contribution in [2.75, 3.05) is 11.9 Å². The molecule has 0 saturated carbocycles. The first-order valence-corrected chi connectivity index (χ1v) is 7.76. The Morgan fingerprint density at radius 1 is 1.50 bits per heavy atom. The Labute approximate surface area is 130 Å². The van der Waals surface area contributed by atoms with E-state index in [0.29, 0.717) is 5.69 Å². The molecule has 1 aromatic carbocycles. The van der Waals surface area contributed by atoms with Gasteiger partial charge >= 0.3 is 0 Å². The number of nitrogens with zero attached hydrogens (tertiary/aromatic N) is 1. The molecule has 116 valence electrons. The van der Waals surface area contributed by atoms with Crippen molar-refractivity contribution in [3.8, 4) is 11.3 Å². The number of carbonyl (C=O) groups is 1. The number of benzene rings is 1. The number of amides is 1. The lowest BCUT2D eigenvalue weighted by Gasteiger charge is -2.11. The van der Waals surface area contributed by atoms with Crippen molar-refractivity contribution in [3.63, 3.8) is 0 Å². The van der Waals surface area contributed by atoms with Crippen LogP contribution in [0.25, 0.3) is 11.3 Å². The third-order valence-corrected chi connectivity index (χ3v) is 4.24. The molecule has 3 rings (SSSR count). The Morgan fingerprint density at radius 2 is 2.32 bits per heavy atom. The molecule has 1 aromatic heterocycles.